The van der Waals surface area contributed by atoms with Crippen molar-refractivity contribution in [1.29, 1.82) is 0 Å². The highest BCUT2D eigenvalue weighted by atomic mass is 31.2. The van der Waals surface area contributed by atoms with Crippen LogP contribution in [0.5, 0.6) is 0 Å². The van der Waals surface area contributed by atoms with Crippen molar-refractivity contribution in [2.24, 2.45) is 0 Å². The second-order valence-corrected chi connectivity index (χ2v) is 5.94. The van der Waals surface area contributed by atoms with Crippen LogP contribution in [0.1, 0.15) is 41.5 Å². The molecule has 0 aromatic rings. The Kier molecular flexibility index (Phi) is 20.5. The molecular weight excluding hydrogens is 263 g/mol. The van der Waals surface area contributed by atoms with Crippen molar-refractivity contribution in [1.82, 2.24) is 0 Å². The van der Waals surface area contributed by atoms with Crippen molar-refractivity contribution in [3.8, 4) is 0 Å². The van der Waals surface area contributed by atoms with Gasteiger partial charge in [-0.1, -0.05) is 7.60 Å². The maximum Gasteiger partial charge on any atom is 0.0742 e. The van der Waals surface area contributed by atoms with Crippen molar-refractivity contribution in [3.05, 3.63) is 0 Å². The van der Waals surface area contributed by atoms with Crippen molar-refractivity contribution < 1.29 is 24.2 Å². The van der Waals surface area contributed by atoms with Gasteiger partial charge in [0.05, 0.1) is 39.3 Å². The normalized spacial score (nSPS) is 10.7. The fraction of sp³-hybridized carbons (Fsp3) is 1.00. The summed E-state index contributed by atoms with van der Waals surface area (Å²) >= 11 is 0. The lowest BCUT2D eigenvalue weighted by atomic mass is 10.5. The zero-order valence-corrected chi connectivity index (χ0v) is 14.8. The summed E-state index contributed by atoms with van der Waals surface area (Å²) in [4.78, 5) is 21.6. The lowest BCUT2D eigenvalue weighted by Crippen LogP contribution is -3.11. The molecule has 6 heteroatoms. The molecule has 0 heterocycles. The van der Waals surface area contributed by atoms with Crippen LogP contribution in [0.15, 0.2) is 0 Å². The molecule has 0 radical (unpaired) electrons. The summed E-state index contributed by atoms with van der Waals surface area (Å²) in [5.41, 5.74) is 0. The molecule has 0 aromatic carbocycles. The van der Waals surface area contributed by atoms with E-state index in [1.54, 1.807) is 9.80 Å². The van der Waals surface area contributed by atoms with Gasteiger partial charge in [0.15, 0.2) is 0 Å². The summed E-state index contributed by atoms with van der Waals surface area (Å²) in [5, 5.41) is 0. The van der Waals surface area contributed by atoms with Crippen molar-refractivity contribution >= 4 is 7.60 Å². The smallest absolute Gasteiger partial charge is 0.0742 e. The lowest BCUT2D eigenvalue weighted by molar-refractivity contribution is -0.894. The van der Waals surface area contributed by atoms with Gasteiger partial charge in [-0.15, -0.1) is 0 Å². The van der Waals surface area contributed by atoms with Crippen LogP contribution in [0.2, 0.25) is 0 Å². The fourth-order valence-corrected chi connectivity index (χ4v) is 1.50. The molecule has 0 aromatic heterocycles. The Hall–Kier alpha value is 0.0700. The predicted molar refractivity (Wildman–Crippen MR) is 78.7 cm³/mol. The third kappa shape index (κ3) is 32.0. The molecule has 5 nitrogen and oxygen atoms in total. The first kappa shape index (κ1) is 24.1. The van der Waals surface area contributed by atoms with Crippen LogP contribution in [0.25, 0.3) is 0 Å². The molecule has 0 aliphatic carbocycles. The highest BCUT2D eigenvalue weighted by Gasteiger charge is 1.93. The van der Waals surface area contributed by atoms with Crippen LogP contribution in [0.4, 0.5) is 0 Å². The summed E-state index contributed by atoms with van der Waals surface area (Å²) in [5.74, 6) is 0. The topological polar surface area (TPSA) is 72.1 Å². The van der Waals surface area contributed by atoms with Gasteiger partial charge in [0.25, 0.3) is 0 Å². The van der Waals surface area contributed by atoms with Crippen LogP contribution in [0, 0.1) is 0 Å². The molecule has 120 valence electrons. The Morgan fingerprint density at radius 3 is 0.789 bits per heavy atom. The molecule has 0 fully saturated rings. The molecule has 0 amide bonds. The average Bonchev–Trinajstić information content (AvgIpc) is 2.32. The van der Waals surface area contributed by atoms with E-state index in [2.05, 4.69) is 41.5 Å². The number of quaternary nitrogens is 2. The summed E-state index contributed by atoms with van der Waals surface area (Å²) < 4.78 is 9.10. The van der Waals surface area contributed by atoms with Crippen LogP contribution in [-0.4, -0.2) is 45.9 Å². The molecule has 19 heavy (non-hydrogen) atoms. The number of hydrogen-bond acceptors (Lipinski definition) is 3. The van der Waals surface area contributed by atoms with E-state index in [4.69, 9.17) is 14.4 Å². The van der Waals surface area contributed by atoms with Crippen molar-refractivity contribution in [2.45, 2.75) is 41.5 Å². The van der Waals surface area contributed by atoms with Gasteiger partial charge in [-0.3, -0.25) is 0 Å². The summed E-state index contributed by atoms with van der Waals surface area (Å²) in [6.45, 7) is 21.6. The van der Waals surface area contributed by atoms with E-state index in [0.717, 1.165) is 0 Å². The quantitative estimate of drug-likeness (QED) is 0.580. The monoisotopic (exact) mass is 298 g/mol. The van der Waals surface area contributed by atoms with Gasteiger partial charge in [-0.25, -0.2) is 0 Å². The summed E-state index contributed by atoms with van der Waals surface area (Å²) in [6, 6.07) is 0. The Balaban J connectivity index is -0.000000206. The van der Waals surface area contributed by atoms with Gasteiger partial charge in [-0.05, 0) is 48.2 Å². The Morgan fingerprint density at radius 1 is 0.684 bits per heavy atom. The van der Waals surface area contributed by atoms with Crippen molar-refractivity contribution in [3.63, 3.8) is 0 Å². The zero-order chi connectivity index (χ0) is 15.9. The lowest BCUT2D eigenvalue weighted by Gasteiger charge is -2.22. The first-order valence-corrected chi connectivity index (χ1v) is 9.35. The third-order valence-corrected chi connectivity index (χ3v) is 3.00. The first-order valence-electron chi connectivity index (χ1n) is 7.36. The van der Waals surface area contributed by atoms with E-state index in [9.17, 15) is 0 Å². The Morgan fingerprint density at radius 2 is 0.789 bits per heavy atom. The molecule has 0 spiro atoms. The third-order valence-electron chi connectivity index (χ3n) is 3.00. The minimum Gasteiger partial charge on any atom is -0.811 e. The molecular formula is C13H35N2O3P. The highest BCUT2D eigenvalue weighted by Crippen LogP contribution is 2.12. The summed E-state index contributed by atoms with van der Waals surface area (Å²) in [6.07, 6.45) is 0. The summed E-state index contributed by atoms with van der Waals surface area (Å²) in [7, 11) is -4.14. The van der Waals surface area contributed by atoms with E-state index < -0.39 is 7.60 Å². The van der Waals surface area contributed by atoms with Gasteiger partial charge >= 0.3 is 0 Å². The van der Waals surface area contributed by atoms with E-state index in [-0.39, 0.29) is 0 Å². The number of hydrogen-bond donors (Lipinski definition) is 2. The molecule has 0 saturated heterocycles. The van der Waals surface area contributed by atoms with E-state index in [1.807, 2.05) is 0 Å². The maximum absolute atomic E-state index is 9.10. The SMILES string of the molecule is CC[NH+](CC)CC.CC[NH+](CC)CC.CP(=O)([O-])[O-]. The molecule has 0 atom stereocenters. The average molecular weight is 298 g/mol. The largest absolute Gasteiger partial charge is 0.811 e. The Bertz CT molecular complexity index is 171. The second kappa shape index (κ2) is 16.1. The van der Waals surface area contributed by atoms with Gasteiger partial charge in [0.1, 0.15) is 0 Å². The van der Waals surface area contributed by atoms with E-state index >= 15 is 0 Å². The molecule has 0 bridgehead atoms. The maximum atomic E-state index is 9.10. The predicted octanol–water partition coefficient (Wildman–Crippen LogP) is -1.61. The van der Waals surface area contributed by atoms with Crippen LogP contribution < -0.4 is 19.6 Å². The minimum atomic E-state index is -4.14. The highest BCUT2D eigenvalue weighted by molar-refractivity contribution is 7.47. The molecule has 0 aliphatic rings. The standard InChI is InChI=1S/2C6H15N.CH5O3P/c2*1-4-7(5-2)6-3;1-5(2,3)4/h2*4-6H2,1-3H3;1H3,(H2,2,3,4). The molecule has 0 rings (SSSR count). The van der Waals surface area contributed by atoms with Crippen molar-refractivity contribution in [2.75, 3.05) is 45.9 Å². The van der Waals surface area contributed by atoms with Gasteiger partial charge in [0.2, 0.25) is 0 Å². The fourth-order valence-electron chi connectivity index (χ4n) is 1.50. The Labute approximate surface area is 120 Å². The second-order valence-electron chi connectivity index (χ2n) is 4.39. The molecule has 0 unspecified atom stereocenters. The molecule has 0 aliphatic heterocycles. The van der Waals surface area contributed by atoms with E-state index in [1.165, 1.54) is 39.3 Å². The first-order chi connectivity index (χ1) is 8.69. The minimum absolute atomic E-state index is 0.632. The van der Waals surface area contributed by atoms with E-state index in [0.29, 0.717) is 6.66 Å². The van der Waals surface area contributed by atoms with Gasteiger partial charge in [-0.2, -0.15) is 0 Å². The zero-order valence-electron chi connectivity index (χ0n) is 13.9. The van der Waals surface area contributed by atoms with Crippen LogP contribution >= 0.6 is 7.60 Å². The number of nitrogens with one attached hydrogen (secondary N) is 2. The van der Waals surface area contributed by atoms with Gasteiger partial charge < -0.3 is 24.2 Å². The van der Waals surface area contributed by atoms with Crippen LogP contribution in [-0.2, 0) is 4.57 Å². The van der Waals surface area contributed by atoms with Crippen LogP contribution in [0.3, 0.4) is 0 Å². The van der Waals surface area contributed by atoms with Gasteiger partial charge in [0, 0.05) is 0 Å². The molecule has 0 saturated carbocycles. The number of rotatable bonds is 6. The molecule has 2 N–H and O–H groups in total.